The number of imide groups is 1. The second-order valence-corrected chi connectivity index (χ2v) is 8.02. The number of aromatic nitrogens is 3. The zero-order chi connectivity index (χ0) is 21.4. The molecule has 2 fully saturated rings. The van der Waals surface area contributed by atoms with Gasteiger partial charge in [0.15, 0.2) is 5.65 Å². The van der Waals surface area contributed by atoms with Crippen LogP contribution in [-0.2, 0) is 9.59 Å². The van der Waals surface area contributed by atoms with Crippen molar-refractivity contribution in [2.45, 2.75) is 44.7 Å². The summed E-state index contributed by atoms with van der Waals surface area (Å²) >= 11 is 0. The summed E-state index contributed by atoms with van der Waals surface area (Å²) in [7, 11) is 0. The summed E-state index contributed by atoms with van der Waals surface area (Å²) in [5, 5.41) is 13.9. The summed E-state index contributed by atoms with van der Waals surface area (Å²) in [5.41, 5.74) is 2.96. The highest BCUT2D eigenvalue weighted by Gasteiger charge is 2.26. The van der Waals surface area contributed by atoms with Crippen LogP contribution >= 0.6 is 0 Å². The number of rotatable bonds is 7. The topological polar surface area (TPSA) is 100 Å². The van der Waals surface area contributed by atoms with Gasteiger partial charge in [0, 0.05) is 23.2 Å². The van der Waals surface area contributed by atoms with Crippen molar-refractivity contribution in [1.29, 1.82) is 0 Å². The first-order valence-corrected chi connectivity index (χ1v) is 10.6. The van der Waals surface area contributed by atoms with Gasteiger partial charge in [0.2, 0.25) is 5.91 Å². The van der Waals surface area contributed by atoms with E-state index >= 15 is 0 Å². The molecule has 0 unspecified atom stereocenters. The number of anilines is 2. The maximum absolute atomic E-state index is 12.0. The van der Waals surface area contributed by atoms with E-state index in [4.69, 9.17) is 4.98 Å². The Morgan fingerprint density at radius 1 is 1.26 bits per heavy atom. The molecule has 1 aromatic carbocycles. The lowest BCUT2D eigenvalue weighted by molar-refractivity contribution is -0.124. The van der Waals surface area contributed by atoms with Gasteiger partial charge in [-0.15, -0.1) is 0 Å². The van der Waals surface area contributed by atoms with Gasteiger partial charge in [0.25, 0.3) is 5.91 Å². The van der Waals surface area contributed by atoms with E-state index in [2.05, 4.69) is 40.1 Å². The lowest BCUT2D eigenvalue weighted by atomic mass is 10.0. The first-order chi connectivity index (χ1) is 15.1. The zero-order valence-corrected chi connectivity index (χ0v) is 17.3. The standard InChI is InChI=1S/C23H24N6O2/c1-2-18(14-6-4-3-5-7-14)26-19-12-20(25-17-8-9-17)29-22(27-19)16(13-24-29)10-15-11-21(30)28-23(15)31/h3-7,10,12-13,17-18,25H,2,8-9,11H2,1H3,(H,26,27)(H,28,30,31)/b15-10+/t18-/m1/s1. The molecule has 3 aromatic rings. The van der Waals surface area contributed by atoms with Crippen LogP contribution in [0.3, 0.4) is 0 Å². The molecule has 1 aliphatic carbocycles. The second kappa shape index (κ2) is 7.86. The van der Waals surface area contributed by atoms with Gasteiger partial charge in [0.05, 0.1) is 18.7 Å². The summed E-state index contributed by atoms with van der Waals surface area (Å²) < 4.78 is 1.76. The van der Waals surface area contributed by atoms with Crippen LogP contribution in [0.25, 0.3) is 11.7 Å². The highest BCUT2D eigenvalue weighted by atomic mass is 16.2. The second-order valence-electron chi connectivity index (χ2n) is 8.02. The van der Waals surface area contributed by atoms with E-state index in [0.29, 0.717) is 22.8 Å². The monoisotopic (exact) mass is 416 g/mol. The highest BCUT2D eigenvalue weighted by molar-refractivity contribution is 6.15. The summed E-state index contributed by atoms with van der Waals surface area (Å²) in [6.45, 7) is 2.14. The molecule has 31 heavy (non-hydrogen) atoms. The Balaban J connectivity index is 1.54. The maximum Gasteiger partial charge on any atom is 0.254 e. The van der Waals surface area contributed by atoms with Gasteiger partial charge in [-0.2, -0.15) is 9.61 Å². The van der Waals surface area contributed by atoms with Crippen molar-refractivity contribution in [2.24, 2.45) is 0 Å². The van der Waals surface area contributed by atoms with Crippen molar-refractivity contribution in [3.05, 3.63) is 59.3 Å². The molecule has 5 rings (SSSR count). The Morgan fingerprint density at radius 2 is 2.06 bits per heavy atom. The average molecular weight is 416 g/mol. The number of nitrogens with one attached hydrogen (secondary N) is 3. The molecule has 2 amide bonds. The van der Waals surface area contributed by atoms with E-state index in [0.717, 1.165) is 30.9 Å². The fourth-order valence-electron chi connectivity index (χ4n) is 3.79. The Kier molecular flexibility index (Phi) is 4.89. The Bertz CT molecular complexity index is 1180. The third kappa shape index (κ3) is 4.01. The molecular formula is C23H24N6O2. The van der Waals surface area contributed by atoms with Crippen LogP contribution in [0.1, 0.15) is 49.8 Å². The van der Waals surface area contributed by atoms with Crippen LogP contribution in [0.2, 0.25) is 0 Å². The third-order valence-electron chi connectivity index (χ3n) is 5.59. The summed E-state index contributed by atoms with van der Waals surface area (Å²) in [6.07, 6.45) is 6.63. The summed E-state index contributed by atoms with van der Waals surface area (Å²) in [5.74, 6) is 0.950. The van der Waals surface area contributed by atoms with Crippen LogP contribution in [0.4, 0.5) is 11.6 Å². The van der Waals surface area contributed by atoms with Crippen LogP contribution in [-0.4, -0.2) is 32.5 Å². The smallest absolute Gasteiger partial charge is 0.254 e. The van der Waals surface area contributed by atoms with E-state index in [1.807, 2.05) is 24.3 Å². The molecule has 1 aliphatic heterocycles. The first kappa shape index (κ1) is 19.3. The fourth-order valence-corrected chi connectivity index (χ4v) is 3.79. The van der Waals surface area contributed by atoms with Crippen molar-refractivity contribution in [3.8, 4) is 0 Å². The molecule has 0 radical (unpaired) electrons. The molecular weight excluding hydrogens is 392 g/mol. The van der Waals surface area contributed by atoms with Gasteiger partial charge in [-0.05, 0) is 30.9 Å². The normalized spacial score (nSPS) is 18.4. The van der Waals surface area contributed by atoms with E-state index < -0.39 is 0 Å². The SMILES string of the molecule is CC[C@@H](Nc1cc(NC2CC2)n2ncc(/C=C3\CC(=O)NC3=O)c2n1)c1ccccc1. The molecule has 158 valence electrons. The summed E-state index contributed by atoms with van der Waals surface area (Å²) in [6, 6.07) is 12.8. The minimum atomic E-state index is -0.356. The van der Waals surface area contributed by atoms with Crippen LogP contribution < -0.4 is 16.0 Å². The van der Waals surface area contributed by atoms with Gasteiger partial charge in [-0.25, -0.2) is 4.98 Å². The van der Waals surface area contributed by atoms with Crippen molar-refractivity contribution in [1.82, 2.24) is 19.9 Å². The largest absolute Gasteiger partial charge is 0.367 e. The number of nitrogens with zero attached hydrogens (tertiary/aromatic N) is 3. The molecule has 1 atom stereocenters. The minimum absolute atomic E-state index is 0.0766. The number of hydrogen-bond acceptors (Lipinski definition) is 6. The van der Waals surface area contributed by atoms with Crippen molar-refractivity contribution in [2.75, 3.05) is 10.6 Å². The Morgan fingerprint density at radius 3 is 2.74 bits per heavy atom. The van der Waals surface area contributed by atoms with E-state index in [9.17, 15) is 9.59 Å². The minimum Gasteiger partial charge on any atom is -0.367 e. The third-order valence-corrected chi connectivity index (χ3v) is 5.59. The van der Waals surface area contributed by atoms with E-state index in [-0.39, 0.29) is 24.3 Å². The molecule has 3 N–H and O–H groups in total. The number of hydrogen-bond donors (Lipinski definition) is 3. The molecule has 3 heterocycles. The molecule has 2 aliphatic rings. The van der Waals surface area contributed by atoms with Crippen molar-refractivity contribution in [3.63, 3.8) is 0 Å². The van der Waals surface area contributed by atoms with Crippen LogP contribution in [0, 0.1) is 0 Å². The number of amides is 2. The van der Waals surface area contributed by atoms with Crippen molar-refractivity contribution < 1.29 is 9.59 Å². The molecule has 8 heteroatoms. The van der Waals surface area contributed by atoms with Gasteiger partial charge in [-0.1, -0.05) is 37.3 Å². The number of carbonyl (C=O) groups excluding carboxylic acids is 2. The molecule has 0 bridgehead atoms. The van der Waals surface area contributed by atoms with Gasteiger partial charge in [0.1, 0.15) is 11.6 Å². The van der Waals surface area contributed by atoms with Crippen molar-refractivity contribution >= 4 is 35.2 Å². The number of benzene rings is 1. The van der Waals surface area contributed by atoms with Crippen LogP contribution in [0.5, 0.6) is 0 Å². The predicted molar refractivity (Wildman–Crippen MR) is 118 cm³/mol. The molecule has 1 saturated heterocycles. The maximum atomic E-state index is 12.0. The Hall–Kier alpha value is -3.68. The molecule has 8 nitrogen and oxygen atoms in total. The molecule has 0 spiro atoms. The lowest BCUT2D eigenvalue weighted by Crippen LogP contribution is -2.19. The molecule has 1 saturated carbocycles. The van der Waals surface area contributed by atoms with E-state index in [1.165, 1.54) is 5.56 Å². The van der Waals surface area contributed by atoms with Gasteiger partial charge < -0.3 is 10.6 Å². The Labute approximate surface area is 179 Å². The predicted octanol–water partition coefficient (Wildman–Crippen LogP) is 3.30. The number of carbonyl (C=O) groups is 2. The average Bonchev–Trinajstić information content (AvgIpc) is 3.41. The fraction of sp³-hybridized carbons (Fsp3) is 0.304. The quantitative estimate of drug-likeness (QED) is 0.404. The van der Waals surface area contributed by atoms with E-state index in [1.54, 1.807) is 16.8 Å². The van der Waals surface area contributed by atoms with Crippen LogP contribution in [0.15, 0.2) is 48.2 Å². The number of fused-ring (bicyclic) bond motifs is 1. The van der Waals surface area contributed by atoms with Gasteiger partial charge >= 0.3 is 0 Å². The molecule has 2 aromatic heterocycles. The first-order valence-electron chi connectivity index (χ1n) is 10.6. The lowest BCUT2D eigenvalue weighted by Gasteiger charge is -2.19. The van der Waals surface area contributed by atoms with Gasteiger partial charge in [-0.3, -0.25) is 14.9 Å². The highest BCUT2D eigenvalue weighted by Crippen LogP contribution is 2.29. The zero-order valence-electron chi connectivity index (χ0n) is 17.3. The summed E-state index contributed by atoms with van der Waals surface area (Å²) in [4.78, 5) is 28.4.